The Balaban J connectivity index is 1.66. The normalized spacial score (nSPS) is 12.7. The molecule has 2 heterocycles. The first-order valence-electron chi connectivity index (χ1n) is 8.90. The van der Waals surface area contributed by atoms with E-state index in [0.717, 1.165) is 10.5 Å². The van der Waals surface area contributed by atoms with E-state index in [-0.39, 0.29) is 17.4 Å². The van der Waals surface area contributed by atoms with Gasteiger partial charge in [0.1, 0.15) is 11.4 Å². The quantitative estimate of drug-likeness (QED) is 0.693. The second kappa shape index (κ2) is 7.20. The molecule has 1 aliphatic rings. The molecule has 29 heavy (non-hydrogen) atoms. The third-order valence-corrected chi connectivity index (χ3v) is 4.70. The number of ether oxygens (including phenoxy) is 1. The first kappa shape index (κ1) is 18.4. The Morgan fingerprint density at radius 2 is 1.86 bits per heavy atom. The molecule has 0 saturated heterocycles. The lowest BCUT2D eigenvalue weighted by molar-refractivity contribution is 0.0923. The van der Waals surface area contributed by atoms with E-state index in [1.807, 2.05) is 0 Å². The molecule has 0 aliphatic carbocycles. The van der Waals surface area contributed by atoms with E-state index in [1.54, 1.807) is 61.5 Å². The molecule has 4 rings (SSSR count). The molecular weight excluding hydrogens is 370 g/mol. The molecule has 1 aromatic heterocycles. The fourth-order valence-electron chi connectivity index (χ4n) is 3.31. The number of benzene rings is 2. The highest BCUT2D eigenvalue weighted by molar-refractivity contribution is 6.35. The molecule has 0 fully saturated rings. The number of carbonyl (C=O) groups is 3. The fraction of sp³-hybridized carbons (Fsp3) is 0.0909. The number of anilines is 2. The number of nitrogens with one attached hydrogen (secondary N) is 1. The number of amides is 3. The van der Waals surface area contributed by atoms with Crippen molar-refractivity contribution in [2.45, 2.75) is 6.92 Å². The standard InChI is InChI=1S/C22H17N3O4/c1-13-6-5-7-15-19(13)22(28)25(21(15)27)17-10-9-14(12-18(17)29-2)24-20(26)16-8-3-4-11-23-16/h3-12H,1-2H3,(H,24,26). The van der Waals surface area contributed by atoms with Gasteiger partial charge in [-0.3, -0.25) is 19.4 Å². The molecule has 0 radical (unpaired) electrons. The van der Waals surface area contributed by atoms with Crippen LogP contribution in [0.2, 0.25) is 0 Å². The van der Waals surface area contributed by atoms with Gasteiger partial charge in [0.2, 0.25) is 0 Å². The zero-order valence-corrected chi connectivity index (χ0v) is 15.8. The van der Waals surface area contributed by atoms with Crippen molar-refractivity contribution in [2.75, 3.05) is 17.3 Å². The zero-order valence-electron chi connectivity index (χ0n) is 15.8. The topological polar surface area (TPSA) is 88.6 Å². The number of carbonyl (C=O) groups excluding carboxylic acids is 3. The molecule has 7 heteroatoms. The molecule has 144 valence electrons. The van der Waals surface area contributed by atoms with Crippen LogP contribution < -0.4 is 15.0 Å². The van der Waals surface area contributed by atoms with E-state index in [0.29, 0.717) is 22.5 Å². The summed E-state index contributed by atoms with van der Waals surface area (Å²) in [6.07, 6.45) is 1.53. The highest BCUT2D eigenvalue weighted by atomic mass is 16.5. The lowest BCUT2D eigenvalue weighted by Gasteiger charge is -2.18. The summed E-state index contributed by atoms with van der Waals surface area (Å²) in [4.78, 5) is 43.2. The summed E-state index contributed by atoms with van der Waals surface area (Å²) < 4.78 is 5.40. The van der Waals surface area contributed by atoms with Crippen LogP contribution in [0.4, 0.5) is 11.4 Å². The van der Waals surface area contributed by atoms with Gasteiger partial charge in [-0.05, 0) is 42.8 Å². The van der Waals surface area contributed by atoms with Gasteiger partial charge in [0.05, 0.1) is 23.9 Å². The number of nitrogens with zero attached hydrogens (tertiary/aromatic N) is 2. The maximum absolute atomic E-state index is 12.9. The second-order valence-corrected chi connectivity index (χ2v) is 6.50. The minimum Gasteiger partial charge on any atom is -0.494 e. The van der Waals surface area contributed by atoms with Crippen molar-refractivity contribution in [3.05, 3.63) is 83.2 Å². The molecule has 1 aliphatic heterocycles. The number of hydrogen-bond acceptors (Lipinski definition) is 5. The van der Waals surface area contributed by atoms with Gasteiger partial charge in [0.25, 0.3) is 17.7 Å². The van der Waals surface area contributed by atoms with Crippen LogP contribution in [-0.4, -0.2) is 29.8 Å². The minimum atomic E-state index is -0.405. The van der Waals surface area contributed by atoms with Gasteiger partial charge in [0, 0.05) is 18.0 Å². The molecule has 0 bridgehead atoms. The molecule has 7 nitrogen and oxygen atoms in total. The Kier molecular flexibility index (Phi) is 4.56. The molecule has 3 aromatic rings. The number of rotatable bonds is 4. The summed E-state index contributed by atoms with van der Waals surface area (Å²) in [5.74, 6) is -0.892. The third kappa shape index (κ3) is 3.12. The third-order valence-electron chi connectivity index (χ3n) is 4.70. The highest BCUT2D eigenvalue weighted by Gasteiger charge is 2.39. The predicted molar refractivity (Wildman–Crippen MR) is 108 cm³/mol. The van der Waals surface area contributed by atoms with E-state index in [4.69, 9.17) is 4.74 Å². The monoisotopic (exact) mass is 387 g/mol. The average molecular weight is 387 g/mol. The largest absolute Gasteiger partial charge is 0.494 e. The van der Waals surface area contributed by atoms with Crippen LogP contribution in [0, 0.1) is 6.92 Å². The predicted octanol–water partition coefficient (Wildman–Crippen LogP) is 3.45. The number of aromatic nitrogens is 1. The van der Waals surface area contributed by atoms with Crippen LogP contribution in [0.5, 0.6) is 5.75 Å². The average Bonchev–Trinajstić information content (AvgIpc) is 3.00. The van der Waals surface area contributed by atoms with Gasteiger partial charge in [-0.2, -0.15) is 0 Å². The molecule has 0 atom stereocenters. The summed E-state index contributed by atoms with van der Waals surface area (Å²) in [6, 6.07) is 15.0. The number of pyridine rings is 1. The van der Waals surface area contributed by atoms with Crippen LogP contribution in [0.15, 0.2) is 60.8 Å². The summed E-state index contributed by atoms with van der Waals surface area (Å²) in [6.45, 7) is 1.79. The first-order chi connectivity index (χ1) is 14.0. The van der Waals surface area contributed by atoms with Crippen molar-refractivity contribution < 1.29 is 19.1 Å². The molecule has 0 saturated carbocycles. The molecule has 1 N–H and O–H groups in total. The summed E-state index contributed by atoms with van der Waals surface area (Å²) >= 11 is 0. The van der Waals surface area contributed by atoms with Gasteiger partial charge in [-0.1, -0.05) is 18.2 Å². The van der Waals surface area contributed by atoms with Gasteiger partial charge < -0.3 is 10.1 Å². The van der Waals surface area contributed by atoms with Crippen molar-refractivity contribution in [2.24, 2.45) is 0 Å². The van der Waals surface area contributed by atoms with E-state index in [2.05, 4.69) is 10.3 Å². The van der Waals surface area contributed by atoms with Crippen LogP contribution in [0.25, 0.3) is 0 Å². The van der Waals surface area contributed by atoms with E-state index >= 15 is 0 Å². The van der Waals surface area contributed by atoms with E-state index in [9.17, 15) is 14.4 Å². The van der Waals surface area contributed by atoms with Crippen molar-refractivity contribution >= 4 is 29.1 Å². The van der Waals surface area contributed by atoms with Crippen LogP contribution in [-0.2, 0) is 0 Å². The van der Waals surface area contributed by atoms with Gasteiger partial charge >= 0.3 is 0 Å². The smallest absolute Gasteiger partial charge is 0.274 e. The maximum atomic E-state index is 12.9. The number of imide groups is 1. The zero-order chi connectivity index (χ0) is 20.5. The van der Waals surface area contributed by atoms with Crippen molar-refractivity contribution in [3.8, 4) is 5.75 Å². The van der Waals surface area contributed by atoms with Gasteiger partial charge in [-0.15, -0.1) is 0 Å². The molecule has 2 aromatic carbocycles. The first-order valence-corrected chi connectivity index (χ1v) is 8.90. The lowest BCUT2D eigenvalue weighted by atomic mass is 10.0. The summed E-state index contributed by atoms with van der Waals surface area (Å²) in [7, 11) is 1.44. The molecule has 0 unspecified atom stereocenters. The fourth-order valence-corrected chi connectivity index (χ4v) is 3.31. The number of hydrogen-bond donors (Lipinski definition) is 1. The maximum Gasteiger partial charge on any atom is 0.274 e. The van der Waals surface area contributed by atoms with Crippen LogP contribution in [0.3, 0.4) is 0 Å². The van der Waals surface area contributed by atoms with Crippen LogP contribution in [0.1, 0.15) is 36.8 Å². The summed E-state index contributed by atoms with van der Waals surface area (Å²) in [5.41, 5.74) is 2.53. The Morgan fingerprint density at radius 1 is 1.03 bits per heavy atom. The summed E-state index contributed by atoms with van der Waals surface area (Å²) in [5, 5.41) is 2.73. The van der Waals surface area contributed by atoms with Gasteiger partial charge in [0.15, 0.2) is 0 Å². The van der Waals surface area contributed by atoms with Crippen molar-refractivity contribution in [1.82, 2.24) is 4.98 Å². The molecular formula is C22H17N3O4. The SMILES string of the molecule is COc1cc(NC(=O)c2ccccn2)ccc1N1C(=O)c2cccc(C)c2C1=O. The Bertz CT molecular complexity index is 1140. The lowest BCUT2D eigenvalue weighted by Crippen LogP contribution is -2.30. The number of aryl methyl sites for hydroxylation is 1. The molecule has 3 amide bonds. The Morgan fingerprint density at radius 3 is 2.55 bits per heavy atom. The molecule has 0 spiro atoms. The number of methoxy groups -OCH3 is 1. The highest BCUT2D eigenvalue weighted by Crippen LogP contribution is 2.37. The van der Waals surface area contributed by atoms with Crippen molar-refractivity contribution in [3.63, 3.8) is 0 Å². The number of fused-ring (bicyclic) bond motifs is 1. The van der Waals surface area contributed by atoms with E-state index < -0.39 is 11.8 Å². The Labute approximate surface area is 166 Å². The minimum absolute atomic E-state index is 0.270. The Hall–Kier alpha value is -4.00. The van der Waals surface area contributed by atoms with Gasteiger partial charge in [-0.25, -0.2) is 4.90 Å². The van der Waals surface area contributed by atoms with Crippen molar-refractivity contribution in [1.29, 1.82) is 0 Å². The second-order valence-electron chi connectivity index (χ2n) is 6.50. The van der Waals surface area contributed by atoms with Crippen LogP contribution >= 0.6 is 0 Å². The van der Waals surface area contributed by atoms with E-state index in [1.165, 1.54) is 13.3 Å².